The molecule has 0 unspecified atom stereocenters. The SMILES string of the molecule is C=C/C=C(\C(=C)F)N(C)C(=O)CC(N)=O. The minimum absolute atomic E-state index is 0.0451. The highest BCUT2D eigenvalue weighted by atomic mass is 19.1. The lowest BCUT2D eigenvalue weighted by atomic mass is 10.3. The van der Waals surface area contributed by atoms with E-state index in [1.54, 1.807) is 0 Å². The molecule has 0 aromatic rings. The normalized spacial score (nSPS) is 10.7. The maximum atomic E-state index is 12.9. The number of carbonyl (C=O) groups is 2. The highest BCUT2D eigenvalue weighted by molar-refractivity contribution is 5.96. The third kappa shape index (κ3) is 4.21. The average molecular weight is 212 g/mol. The van der Waals surface area contributed by atoms with E-state index in [0.29, 0.717) is 0 Å². The van der Waals surface area contributed by atoms with Crippen molar-refractivity contribution >= 4 is 11.8 Å². The molecule has 0 fully saturated rings. The number of primary amides is 1. The number of amides is 2. The number of nitrogens with two attached hydrogens (primary N) is 1. The van der Waals surface area contributed by atoms with Gasteiger partial charge in [-0.1, -0.05) is 19.2 Å². The summed E-state index contributed by atoms with van der Waals surface area (Å²) < 4.78 is 12.9. The zero-order chi connectivity index (χ0) is 12.0. The first kappa shape index (κ1) is 13.1. The maximum absolute atomic E-state index is 12.9. The molecule has 0 aromatic heterocycles. The van der Waals surface area contributed by atoms with E-state index in [1.165, 1.54) is 19.2 Å². The Morgan fingerprint density at radius 1 is 1.53 bits per heavy atom. The van der Waals surface area contributed by atoms with Crippen LogP contribution in [0.2, 0.25) is 0 Å². The summed E-state index contributed by atoms with van der Waals surface area (Å²) in [5.41, 5.74) is 4.79. The largest absolute Gasteiger partial charge is 0.369 e. The van der Waals surface area contributed by atoms with Crippen LogP contribution >= 0.6 is 0 Å². The Balaban J connectivity index is 4.79. The summed E-state index contributed by atoms with van der Waals surface area (Å²) in [6, 6.07) is 0. The minimum Gasteiger partial charge on any atom is -0.369 e. The van der Waals surface area contributed by atoms with Crippen LogP contribution in [0.3, 0.4) is 0 Å². The van der Waals surface area contributed by atoms with E-state index in [4.69, 9.17) is 5.73 Å². The van der Waals surface area contributed by atoms with Gasteiger partial charge in [0.2, 0.25) is 11.8 Å². The number of hydrogen-bond donors (Lipinski definition) is 1. The number of hydrogen-bond acceptors (Lipinski definition) is 2. The fourth-order valence-electron chi connectivity index (χ4n) is 0.898. The molecule has 0 rings (SSSR count). The first-order valence-corrected chi connectivity index (χ1v) is 4.12. The molecule has 2 amide bonds. The molecule has 0 spiro atoms. The number of likely N-dealkylation sites (N-methyl/N-ethyl adjacent to an activating group) is 1. The third-order valence-electron chi connectivity index (χ3n) is 1.61. The fraction of sp³-hybridized carbons (Fsp3) is 0.200. The van der Waals surface area contributed by atoms with Crippen LogP contribution in [0.5, 0.6) is 0 Å². The van der Waals surface area contributed by atoms with Gasteiger partial charge in [-0.25, -0.2) is 4.39 Å². The van der Waals surface area contributed by atoms with Crippen molar-refractivity contribution in [3.63, 3.8) is 0 Å². The molecule has 0 aliphatic carbocycles. The molecule has 0 atom stereocenters. The number of rotatable bonds is 5. The summed E-state index contributed by atoms with van der Waals surface area (Å²) in [7, 11) is 1.32. The molecule has 0 bridgehead atoms. The van der Waals surface area contributed by atoms with Gasteiger partial charge >= 0.3 is 0 Å². The number of halogens is 1. The molecule has 0 radical (unpaired) electrons. The second-order valence-electron chi connectivity index (χ2n) is 2.79. The predicted molar refractivity (Wildman–Crippen MR) is 55.1 cm³/mol. The van der Waals surface area contributed by atoms with E-state index >= 15 is 0 Å². The van der Waals surface area contributed by atoms with Crippen LogP contribution < -0.4 is 5.73 Å². The molecule has 82 valence electrons. The molecular weight excluding hydrogens is 199 g/mol. The Bertz CT molecular complexity index is 334. The Kier molecular flexibility index (Phi) is 5.01. The number of carbonyl (C=O) groups excluding carboxylic acids is 2. The molecule has 0 aliphatic heterocycles. The van der Waals surface area contributed by atoms with E-state index in [2.05, 4.69) is 13.2 Å². The van der Waals surface area contributed by atoms with Gasteiger partial charge in [-0.2, -0.15) is 0 Å². The van der Waals surface area contributed by atoms with Gasteiger partial charge in [-0.15, -0.1) is 0 Å². The zero-order valence-electron chi connectivity index (χ0n) is 8.50. The molecule has 5 heteroatoms. The smallest absolute Gasteiger partial charge is 0.236 e. The van der Waals surface area contributed by atoms with Crippen LogP contribution in [0.15, 0.2) is 36.8 Å². The summed E-state index contributed by atoms with van der Waals surface area (Å²) in [6.45, 7) is 6.44. The van der Waals surface area contributed by atoms with Crippen molar-refractivity contribution in [2.45, 2.75) is 6.42 Å². The van der Waals surface area contributed by atoms with Gasteiger partial charge in [-0.3, -0.25) is 9.59 Å². The van der Waals surface area contributed by atoms with Gasteiger partial charge in [0.05, 0.1) is 5.70 Å². The molecule has 0 aliphatic rings. The van der Waals surface area contributed by atoms with Gasteiger partial charge in [0.25, 0.3) is 0 Å². The molecule has 2 N–H and O–H groups in total. The fourth-order valence-corrected chi connectivity index (χ4v) is 0.898. The van der Waals surface area contributed by atoms with Crippen LogP contribution in [-0.4, -0.2) is 23.8 Å². The van der Waals surface area contributed by atoms with Crippen LogP contribution in [0.25, 0.3) is 0 Å². The van der Waals surface area contributed by atoms with E-state index in [-0.39, 0.29) is 5.70 Å². The second-order valence-corrected chi connectivity index (χ2v) is 2.79. The van der Waals surface area contributed by atoms with Crippen molar-refractivity contribution in [3.8, 4) is 0 Å². The third-order valence-corrected chi connectivity index (χ3v) is 1.61. The lowest BCUT2D eigenvalue weighted by Crippen LogP contribution is -2.30. The van der Waals surface area contributed by atoms with Gasteiger partial charge in [-0.05, 0) is 6.08 Å². The first-order chi connectivity index (χ1) is 6.90. The number of allylic oxidation sites excluding steroid dienone is 3. The first-order valence-electron chi connectivity index (χ1n) is 4.12. The Hall–Kier alpha value is -1.91. The summed E-state index contributed by atoms with van der Waals surface area (Å²) >= 11 is 0. The van der Waals surface area contributed by atoms with Crippen molar-refractivity contribution in [2.24, 2.45) is 5.73 Å². The molecule has 4 nitrogen and oxygen atoms in total. The van der Waals surface area contributed by atoms with Crippen molar-refractivity contribution < 1.29 is 14.0 Å². The zero-order valence-corrected chi connectivity index (χ0v) is 8.50. The molecule has 15 heavy (non-hydrogen) atoms. The van der Waals surface area contributed by atoms with Crippen molar-refractivity contribution in [1.82, 2.24) is 4.90 Å². The van der Waals surface area contributed by atoms with Crippen molar-refractivity contribution in [3.05, 3.63) is 36.8 Å². The summed E-state index contributed by atoms with van der Waals surface area (Å²) in [5.74, 6) is -2.15. The lowest BCUT2D eigenvalue weighted by Gasteiger charge is -2.18. The monoisotopic (exact) mass is 212 g/mol. The maximum Gasteiger partial charge on any atom is 0.236 e. The van der Waals surface area contributed by atoms with Gasteiger partial charge < -0.3 is 10.6 Å². The average Bonchev–Trinajstić information content (AvgIpc) is 2.11. The van der Waals surface area contributed by atoms with Gasteiger partial charge in [0.15, 0.2) is 0 Å². The topological polar surface area (TPSA) is 63.4 Å². The lowest BCUT2D eigenvalue weighted by molar-refractivity contribution is -0.132. The second kappa shape index (κ2) is 5.74. The Morgan fingerprint density at radius 2 is 2.07 bits per heavy atom. The van der Waals surface area contributed by atoms with E-state index < -0.39 is 24.1 Å². The number of nitrogens with zero attached hydrogens (tertiary/aromatic N) is 1. The van der Waals surface area contributed by atoms with Crippen LogP contribution in [0, 0.1) is 0 Å². The molecular formula is C10H13FN2O2. The Morgan fingerprint density at radius 3 is 2.40 bits per heavy atom. The van der Waals surface area contributed by atoms with E-state index in [1.807, 2.05) is 0 Å². The molecule has 0 heterocycles. The van der Waals surface area contributed by atoms with Gasteiger partial charge in [0, 0.05) is 7.05 Å². The quantitative estimate of drug-likeness (QED) is 0.543. The molecule has 0 aromatic carbocycles. The summed E-state index contributed by atoms with van der Waals surface area (Å²) in [5, 5.41) is 0. The van der Waals surface area contributed by atoms with Crippen molar-refractivity contribution in [1.29, 1.82) is 0 Å². The van der Waals surface area contributed by atoms with Crippen LogP contribution in [0.4, 0.5) is 4.39 Å². The van der Waals surface area contributed by atoms with E-state index in [9.17, 15) is 14.0 Å². The minimum atomic E-state index is -0.782. The van der Waals surface area contributed by atoms with Crippen molar-refractivity contribution in [2.75, 3.05) is 7.05 Å². The summed E-state index contributed by atoms with van der Waals surface area (Å²) in [4.78, 5) is 22.8. The highest BCUT2D eigenvalue weighted by Gasteiger charge is 2.17. The van der Waals surface area contributed by atoms with Crippen LogP contribution in [-0.2, 0) is 9.59 Å². The van der Waals surface area contributed by atoms with Crippen LogP contribution in [0.1, 0.15) is 6.42 Å². The standard InChI is InChI=1S/C10H13FN2O2/c1-4-5-8(7(2)11)13(3)10(15)6-9(12)14/h4-5H,1-2,6H2,3H3,(H2,12,14)/b8-5+. The predicted octanol–water partition coefficient (Wildman–Crippen LogP) is 0.873. The summed E-state index contributed by atoms with van der Waals surface area (Å²) in [6.07, 6.45) is 2.12. The molecule has 0 saturated carbocycles. The Labute approximate surface area is 87.5 Å². The van der Waals surface area contributed by atoms with Gasteiger partial charge in [0.1, 0.15) is 12.2 Å². The molecule has 0 saturated heterocycles. The van der Waals surface area contributed by atoms with E-state index in [0.717, 1.165) is 4.90 Å². The highest BCUT2D eigenvalue weighted by Crippen LogP contribution is 2.14.